The fourth-order valence-corrected chi connectivity index (χ4v) is 5.18. The summed E-state index contributed by atoms with van der Waals surface area (Å²) in [5.41, 5.74) is 6.36. The Labute approximate surface area is 242 Å². The van der Waals surface area contributed by atoms with Crippen LogP contribution in [0.5, 0.6) is 0 Å². The van der Waals surface area contributed by atoms with Crippen molar-refractivity contribution in [3.8, 4) is 0 Å². The highest BCUT2D eigenvalue weighted by Crippen LogP contribution is 2.37. The van der Waals surface area contributed by atoms with E-state index in [-0.39, 0.29) is 11.8 Å². The van der Waals surface area contributed by atoms with Gasteiger partial charge in [-0.15, -0.1) is 0 Å². The lowest BCUT2D eigenvalue weighted by Gasteiger charge is -2.23. The molecule has 208 valence electrons. The summed E-state index contributed by atoms with van der Waals surface area (Å²) in [5, 5.41) is 3.03. The monoisotopic (exact) mass is 544 g/mol. The van der Waals surface area contributed by atoms with Gasteiger partial charge in [-0.05, 0) is 79.7 Å². The second-order valence-electron chi connectivity index (χ2n) is 10.6. The van der Waals surface area contributed by atoms with Crippen molar-refractivity contribution in [1.82, 2.24) is 4.90 Å². The number of unbranched alkanes of at least 4 members (excludes halogenated alkanes) is 1. The van der Waals surface area contributed by atoms with Gasteiger partial charge in [-0.2, -0.15) is 0 Å². The summed E-state index contributed by atoms with van der Waals surface area (Å²) in [5.74, 6) is -0.884. The van der Waals surface area contributed by atoms with E-state index in [1.807, 2.05) is 104 Å². The molecule has 1 unspecified atom stereocenters. The van der Waals surface area contributed by atoms with Crippen LogP contribution >= 0.6 is 0 Å². The summed E-state index contributed by atoms with van der Waals surface area (Å²) >= 11 is 0. The first-order valence-electron chi connectivity index (χ1n) is 14.1. The molecule has 41 heavy (non-hydrogen) atoms. The van der Waals surface area contributed by atoms with E-state index in [1.165, 1.54) is 5.56 Å². The van der Waals surface area contributed by atoms with Gasteiger partial charge < -0.3 is 15.1 Å². The number of carbonyl (C=O) groups excluding carboxylic acids is 2. The number of nitrogens with one attached hydrogen (secondary N) is 1. The minimum Gasteiger partial charge on any atom is -0.325 e. The smallest absolute Gasteiger partial charge is 0.258 e. The van der Waals surface area contributed by atoms with Crippen molar-refractivity contribution in [3.63, 3.8) is 0 Å². The van der Waals surface area contributed by atoms with Crippen molar-refractivity contribution in [3.05, 3.63) is 125 Å². The summed E-state index contributed by atoms with van der Waals surface area (Å²) in [6.45, 7) is 3.58. The summed E-state index contributed by atoms with van der Waals surface area (Å²) in [6.07, 6.45) is 1.88. The first-order chi connectivity index (χ1) is 19.9. The minimum atomic E-state index is -0.651. The molecule has 1 aliphatic rings. The molecule has 0 saturated carbocycles. The molecule has 0 bridgehead atoms. The second-order valence-corrected chi connectivity index (χ2v) is 10.6. The van der Waals surface area contributed by atoms with E-state index >= 15 is 0 Å². The maximum atomic E-state index is 13.9. The number of rotatable bonds is 10. The average Bonchev–Trinajstić information content (AvgIpc) is 3.32. The van der Waals surface area contributed by atoms with E-state index in [2.05, 4.69) is 29.3 Å². The highest BCUT2D eigenvalue weighted by atomic mass is 16.2. The molecule has 6 nitrogen and oxygen atoms in total. The van der Waals surface area contributed by atoms with E-state index in [0.717, 1.165) is 41.9 Å². The Morgan fingerprint density at radius 3 is 2.20 bits per heavy atom. The van der Waals surface area contributed by atoms with E-state index in [9.17, 15) is 9.59 Å². The van der Waals surface area contributed by atoms with Crippen LogP contribution in [0.4, 0.5) is 17.1 Å². The molecule has 1 N–H and O–H groups in total. The van der Waals surface area contributed by atoms with Gasteiger partial charge in [0.15, 0.2) is 0 Å². The molecule has 4 aromatic rings. The van der Waals surface area contributed by atoms with Gasteiger partial charge in [0.25, 0.3) is 5.91 Å². The summed E-state index contributed by atoms with van der Waals surface area (Å²) in [7, 11) is 4.08. The molecule has 0 radical (unpaired) electrons. The van der Waals surface area contributed by atoms with E-state index in [4.69, 9.17) is 4.99 Å². The van der Waals surface area contributed by atoms with Crippen LogP contribution in [0.25, 0.3) is 0 Å². The van der Waals surface area contributed by atoms with Crippen LogP contribution in [0.2, 0.25) is 0 Å². The number of aliphatic imine (C=N–C) groups is 1. The van der Waals surface area contributed by atoms with Crippen LogP contribution in [-0.4, -0.2) is 43.1 Å². The standard InChI is InChI=1S/C35H36N4O2/c1-4-5-22-39(29-14-10-7-11-15-29)35(41)27-18-21-31-30(23-27)32(34(40)37-31)33(26-12-8-6-9-13-26)36-28-19-16-25(17-20-28)24-38(2)3/h6-21,23,32H,4-5,22,24H2,1-3H3,(H,37,40). The fourth-order valence-electron chi connectivity index (χ4n) is 5.18. The normalized spacial score (nSPS) is 14.6. The SMILES string of the molecule is CCCCN(C(=O)c1ccc2c(c1)C(C(=Nc1ccc(CN(C)C)cc1)c1ccccc1)C(=O)N2)c1ccccc1. The third kappa shape index (κ3) is 6.44. The van der Waals surface area contributed by atoms with Crippen molar-refractivity contribution in [2.45, 2.75) is 32.2 Å². The number of nitrogens with zero attached hydrogens (tertiary/aromatic N) is 3. The molecule has 0 spiro atoms. The Bertz CT molecular complexity index is 1530. The fraction of sp³-hybridized carbons (Fsp3) is 0.229. The predicted molar refractivity (Wildman–Crippen MR) is 167 cm³/mol. The van der Waals surface area contributed by atoms with Crippen molar-refractivity contribution in [2.75, 3.05) is 30.9 Å². The zero-order chi connectivity index (χ0) is 28.8. The summed E-state index contributed by atoms with van der Waals surface area (Å²) < 4.78 is 0. The molecule has 1 atom stereocenters. The molecule has 1 heterocycles. The van der Waals surface area contributed by atoms with E-state index in [0.29, 0.717) is 23.5 Å². The maximum Gasteiger partial charge on any atom is 0.258 e. The van der Waals surface area contributed by atoms with Gasteiger partial charge in [-0.3, -0.25) is 14.6 Å². The second kappa shape index (κ2) is 12.7. The number of carbonyl (C=O) groups is 2. The molecule has 0 aliphatic carbocycles. The van der Waals surface area contributed by atoms with Gasteiger partial charge in [0.2, 0.25) is 5.91 Å². The molecule has 0 saturated heterocycles. The molecule has 4 aromatic carbocycles. The van der Waals surface area contributed by atoms with Crippen molar-refractivity contribution in [2.24, 2.45) is 4.99 Å². The van der Waals surface area contributed by atoms with Crippen molar-refractivity contribution < 1.29 is 9.59 Å². The third-order valence-corrected chi connectivity index (χ3v) is 7.21. The number of amides is 2. The lowest BCUT2D eigenvalue weighted by Crippen LogP contribution is -2.32. The minimum absolute atomic E-state index is 0.0831. The Morgan fingerprint density at radius 1 is 0.854 bits per heavy atom. The van der Waals surface area contributed by atoms with Gasteiger partial charge in [0, 0.05) is 30.0 Å². The number of fused-ring (bicyclic) bond motifs is 1. The molecule has 0 fully saturated rings. The van der Waals surface area contributed by atoms with Crippen LogP contribution in [0.15, 0.2) is 108 Å². The van der Waals surface area contributed by atoms with Crippen molar-refractivity contribution in [1.29, 1.82) is 0 Å². The first kappa shape index (κ1) is 28.0. The van der Waals surface area contributed by atoms with Gasteiger partial charge in [0.05, 0.1) is 11.4 Å². The van der Waals surface area contributed by atoms with Crippen LogP contribution in [-0.2, 0) is 11.3 Å². The zero-order valence-corrected chi connectivity index (χ0v) is 23.9. The molecule has 5 rings (SSSR count). The lowest BCUT2D eigenvalue weighted by molar-refractivity contribution is -0.115. The Balaban J connectivity index is 1.54. The molecular weight excluding hydrogens is 508 g/mol. The number of para-hydroxylation sites is 1. The quantitative estimate of drug-likeness (QED) is 0.218. The zero-order valence-electron chi connectivity index (χ0n) is 23.9. The highest BCUT2D eigenvalue weighted by molar-refractivity contribution is 6.24. The van der Waals surface area contributed by atoms with Gasteiger partial charge >= 0.3 is 0 Å². The van der Waals surface area contributed by atoms with E-state index < -0.39 is 5.92 Å². The number of hydrogen-bond acceptors (Lipinski definition) is 4. The topological polar surface area (TPSA) is 65.0 Å². The number of hydrogen-bond donors (Lipinski definition) is 1. The molecular formula is C35H36N4O2. The average molecular weight is 545 g/mol. The summed E-state index contributed by atoms with van der Waals surface area (Å²) in [4.78, 5) is 36.3. The Morgan fingerprint density at radius 2 is 1.54 bits per heavy atom. The van der Waals surface area contributed by atoms with Gasteiger partial charge in [-0.25, -0.2) is 0 Å². The summed E-state index contributed by atoms with van der Waals surface area (Å²) in [6, 6.07) is 33.1. The van der Waals surface area contributed by atoms with E-state index in [1.54, 1.807) is 6.07 Å². The molecule has 0 aromatic heterocycles. The Hall–Kier alpha value is -4.55. The van der Waals surface area contributed by atoms with Crippen LogP contribution in [0.3, 0.4) is 0 Å². The molecule has 1 aliphatic heterocycles. The lowest BCUT2D eigenvalue weighted by atomic mass is 9.89. The highest BCUT2D eigenvalue weighted by Gasteiger charge is 2.36. The van der Waals surface area contributed by atoms with Gasteiger partial charge in [-0.1, -0.05) is 74.0 Å². The van der Waals surface area contributed by atoms with Crippen LogP contribution in [0.1, 0.15) is 52.7 Å². The molecule has 2 amide bonds. The van der Waals surface area contributed by atoms with Gasteiger partial charge in [0.1, 0.15) is 5.92 Å². The number of benzene rings is 4. The Kier molecular flexibility index (Phi) is 8.70. The number of anilines is 2. The predicted octanol–water partition coefficient (Wildman–Crippen LogP) is 7.05. The first-order valence-corrected chi connectivity index (χ1v) is 14.1. The van der Waals surface area contributed by atoms with Crippen LogP contribution in [0, 0.1) is 0 Å². The third-order valence-electron chi connectivity index (χ3n) is 7.21. The maximum absolute atomic E-state index is 13.9. The largest absolute Gasteiger partial charge is 0.325 e. The van der Waals surface area contributed by atoms with Crippen molar-refractivity contribution >= 4 is 34.6 Å². The molecule has 6 heteroatoms. The van der Waals surface area contributed by atoms with Crippen LogP contribution < -0.4 is 10.2 Å².